The van der Waals surface area contributed by atoms with E-state index in [9.17, 15) is 14.7 Å². The quantitative estimate of drug-likeness (QED) is 0.570. The van der Waals surface area contributed by atoms with Crippen molar-refractivity contribution >= 4 is 11.9 Å². The molecule has 5 heteroatoms. The van der Waals surface area contributed by atoms with Crippen LogP contribution in [-0.4, -0.2) is 32.9 Å². The Balaban J connectivity index is 2.89. The van der Waals surface area contributed by atoms with E-state index >= 15 is 0 Å². The lowest BCUT2D eigenvalue weighted by Gasteiger charge is -2.33. The molecule has 2 atom stereocenters. The lowest BCUT2D eigenvalue weighted by Crippen LogP contribution is -2.51. The Morgan fingerprint density at radius 2 is 1.85 bits per heavy atom. The average molecular weight is 188 g/mol. The Kier molecular flexibility index (Phi) is 2.56. The van der Waals surface area contributed by atoms with Gasteiger partial charge in [-0.25, -0.2) is 4.79 Å². The standard InChI is InChI=1S/C8H12O5/c9-6(10)5-3-1-2-4-8(5,13)7(11)12/h5,13H,1-4H2,(H,9,10)(H,11,12)/t5-,8-/m1/s1. The Morgan fingerprint density at radius 3 is 2.23 bits per heavy atom. The molecule has 0 bridgehead atoms. The molecule has 0 aromatic rings. The fourth-order valence-electron chi connectivity index (χ4n) is 1.74. The normalized spacial score (nSPS) is 34.1. The summed E-state index contributed by atoms with van der Waals surface area (Å²) in [5.74, 6) is -3.83. The molecule has 1 rings (SSSR count). The molecule has 0 amide bonds. The molecule has 13 heavy (non-hydrogen) atoms. The second-order valence-electron chi connectivity index (χ2n) is 3.37. The van der Waals surface area contributed by atoms with E-state index in [1.807, 2.05) is 0 Å². The number of hydrogen-bond donors (Lipinski definition) is 3. The summed E-state index contributed by atoms with van der Waals surface area (Å²) >= 11 is 0. The van der Waals surface area contributed by atoms with Gasteiger partial charge in [0.1, 0.15) is 0 Å². The third-order valence-electron chi connectivity index (χ3n) is 2.55. The number of aliphatic hydroxyl groups is 1. The number of hydrogen-bond acceptors (Lipinski definition) is 3. The van der Waals surface area contributed by atoms with Crippen LogP contribution in [0.5, 0.6) is 0 Å². The number of carboxylic acids is 2. The van der Waals surface area contributed by atoms with Gasteiger partial charge in [0.25, 0.3) is 0 Å². The van der Waals surface area contributed by atoms with E-state index in [2.05, 4.69) is 0 Å². The smallest absolute Gasteiger partial charge is 0.336 e. The summed E-state index contributed by atoms with van der Waals surface area (Å²) in [5, 5.41) is 27.0. The van der Waals surface area contributed by atoms with Gasteiger partial charge in [-0.1, -0.05) is 6.42 Å². The number of aliphatic carboxylic acids is 2. The van der Waals surface area contributed by atoms with Crippen LogP contribution in [0.3, 0.4) is 0 Å². The van der Waals surface area contributed by atoms with E-state index in [0.717, 1.165) is 0 Å². The van der Waals surface area contributed by atoms with Gasteiger partial charge in [-0.3, -0.25) is 4.79 Å². The SMILES string of the molecule is O=C(O)[C@H]1CCCC[C@]1(O)C(=O)O. The van der Waals surface area contributed by atoms with E-state index < -0.39 is 23.5 Å². The van der Waals surface area contributed by atoms with E-state index in [0.29, 0.717) is 12.8 Å². The Morgan fingerprint density at radius 1 is 1.23 bits per heavy atom. The van der Waals surface area contributed by atoms with Crippen LogP contribution in [0.25, 0.3) is 0 Å². The Labute approximate surface area is 75.0 Å². The first-order chi connectivity index (χ1) is 5.98. The minimum atomic E-state index is -2.07. The van der Waals surface area contributed by atoms with Gasteiger partial charge >= 0.3 is 11.9 Å². The zero-order valence-electron chi connectivity index (χ0n) is 7.06. The summed E-state index contributed by atoms with van der Waals surface area (Å²) in [6, 6.07) is 0. The van der Waals surface area contributed by atoms with Crippen molar-refractivity contribution in [1.29, 1.82) is 0 Å². The molecule has 74 valence electrons. The zero-order chi connectivity index (χ0) is 10.1. The number of carboxylic acid groups (broad SMARTS) is 2. The molecule has 5 nitrogen and oxygen atoms in total. The molecule has 3 N–H and O–H groups in total. The summed E-state index contributed by atoms with van der Waals surface area (Å²) in [6.07, 6.45) is 1.48. The maximum atomic E-state index is 10.7. The van der Waals surface area contributed by atoms with Gasteiger partial charge in [0.2, 0.25) is 0 Å². The molecule has 0 unspecified atom stereocenters. The maximum Gasteiger partial charge on any atom is 0.336 e. The van der Waals surface area contributed by atoms with Crippen LogP contribution in [0.4, 0.5) is 0 Å². The number of rotatable bonds is 2. The van der Waals surface area contributed by atoms with Crippen molar-refractivity contribution < 1.29 is 24.9 Å². The maximum absolute atomic E-state index is 10.7. The lowest BCUT2D eigenvalue weighted by molar-refractivity contribution is -0.178. The topological polar surface area (TPSA) is 94.8 Å². The van der Waals surface area contributed by atoms with Crippen molar-refractivity contribution in [2.24, 2.45) is 5.92 Å². The van der Waals surface area contributed by atoms with Gasteiger partial charge in [-0.2, -0.15) is 0 Å². The highest BCUT2D eigenvalue weighted by molar-refractivity contribution is 5.85. The van der Waals surface area contributed by atoms with Crippen LogP contribution in [-0.2, 0) is 9.59 Å². The van der Waals surface area contributed by atoms with Gasteiger partial charge in [0.15, 0.2) is 5.60 Å². The first kappa shape index (κ1) is 9.98. The average Bonchev–Trinajstić information content (AvgIpc) is 2.04. The molecule has 0 spiro atoms. The van der Waals surface area contributed by atoms with E-state index in [1.54, 1.807) is 0 Å². The van der Waals surface area contributed by atoms with Gasteiger partial charge < -0.3 is 15.3 Å². The molecule has 0 heterocycles. The first-order valence-corrected chi connectivity index (χ1v) is 4.17. The predicted molar refractivity (Wildman–Crippen MR) is 42.2 cm³/mol. The van der Waals surface area contributed by atoms with Gasteiger partial charge in [0, 0.05) is 0 Å². The lowest BCUT2D eigenvalue weighted by atomic mass is 9.75. The first-order valence-electron chi connectivity index (χ1n) is 4.17. The molecular formula is C8H12O5. The molecule has 0 saturated heterocycles. The Hall–Kier alpha value is -1.10. The van der Waals surface area contributed by atoms with Crippen LogP contribution in [0.1, 0.15) is 25.7 Å². The molecule has 1 saturated carbocycles. The third kappa shape index (κ3) is 1.65. The van der Waals surface area contributed by atoms with Crippen molar-refractivity contribution in [3.05, 3.63) is 0 Å². The van der Waals surface area contributed by atoms with Crippen molar-refractivity contribution in [2.75, 3.05) is 0 Å². The molecule has 1 aliphatic carbocycles. The largest absolute Gasteiger partial charge is 0.481 e. The summed E-state index contributed by atoms with van der Waals surface area (Å²) in [5.41, 5.74) is -2.07. The fraction of sp³-hybridized carbons (Fsp3) is 0.750. The van der Waals surface area contributed by atoms with Crippen molar-refractivity contribution in [3.8, 4) is 0 Å². The van der Waals surface area contributed by atoms with Crippen LogP contribution in [0.15, 0.2) is 0 Å². The second kappa shape index (κ2) is 3.33. The van der Waals surface area contributed by atoms with Crippen LogP contribution in [0, 0.1) is 5.92 Å². The minimum Gasteiger partial charge on any atom is -0.481 e. The monoisotopic (exact) mass is 188 g/mol. The Bertz CT molecular complexity index is 237. The minimum absolute atomic E-state index is 0.0271. The summed E-state index contributed by atoms with van der Waals surface area (Å²) in [6.45, 7) is 0. The summed E-state index contributed by atoms with van der Waals surface area (Å²) in [4.78, 5) is 21.3. The highest BCUT2D eigenvalue weighted by atomic mass is 16.4. The zero-order valence-corrected chi connectivity index (χ0v) is 7.06. The van der Waals surface area contributed by atoms with Crippen LogP contribution < -0.4 is 0 Å². The van der Waals surface area contributed by atoms with Gasteiger partial charge in [-0.05, 0) is 19.3 Å². The van der Waals surface area contributed by atoms with E-state index in [4.69, 9.17) is 10.2 Å². The van der Waals surface area contributed by atoms with Gasteiger partial charge in [0.05, 0.1) is 5.92 Å². The second-order valence-corrected chi connectivity index (χ2v) is 3.37. The third-order valence-corrected chi connectivity index (χ3v) is 2.55. The summed E-state index contributed by atoms with van der Waals surface area (Å²) in [7, 11) is 0. The van der Waals surface area contributed by atoms with Crippen molar-refractivity contribution in [1.82, 2.24) is 0 Å². The van der Waals surface area contributed by atoms with Crippen LogP contribution >= 0.6 is 0 Å². The van der Waals surface area contributed by atoms with E-state index in [1.165, 1.54) is 0 Å². The molecular weight excluding hydrogens is 176 g/mol. The van der Waals surface area contributed by atoms with Gasteiger partial charge in [-0.15, -0.1) is 0 Å². The molecule has 0 aliphatic heterocycles. The van der Waals surface area contributed by atoms with E-state index in [-0.39, 0.29) is 12.8 Å². The summed E-state index contributed by atoms with van der Waals surface area (Å²) < 4.78 is 0. The van der Waals surface area contributed by atoms with Crippen LogP contribution in [0.2, 0.25) is 0 Å². The number of carbonyl (C=O) groups is 2. The predicted octanol–water partition coefficient (Wildman–Crippen LogP) is 0.0769. The fourth-order valence-corrected chi connectivity index (χ4v) is 1.74. The van der Waals surface area contributed by atoms with Crippen molar-refractivity contribution in [2.45, 2.75) is 31.3 Å². The highest BCUT2D eigenvalue weighted by Gasteiger charge is 2.49. The highest BCUT2D eigenvalue weighted by Crippen LogP contribution is 2.34. The molecule has 1 aliphatic rings. The van der Waals surface area contributed by atoms with Crippen molar-refractivity contribution in [3.63, 3.8) is 0 Å². The molecule has 0 aromatic heterocycles. The molecule has 1 fully saturated rings. The molecule has 0 radical (unpaired) electrons. The molecule has 0 aromatic carbocycles.